The molecular weight excluding hydrogens is 338 g/mol. The van der Waals surface area contributed by atoms with Gasteiger partial charge in [-0.05, 0) is 18.2 Å². The molecule has 1 fully saturated rings. The largest absolute Gasteiger partial charge is 0.354 e. The normalized spacial score (nSPS) is 15.3. The quantitative estimate of drug-likeness (QED) is 0.767. The Morgan fingerprint density at radius 2 is 2.08 bits per heavy atom. The molecule has 0 saturated carbocycles. The number of benzene rings is 1. The Morgan fingerprint density at radius 1 is 1.24 bits per heavy atom. The molecular formula is C18H18ClN5O. The first-order valence-corrected chi connectivity index (χ1v) is 8.60. The van der Waals surface area contributed by atoms with E-state index in [1.165, 1.54) is 0 Å². The molecule has 1 aliphatic heterocycles. The summed E-state index contributed by atoms with van der Waals surface area (Å²) in [4.78, 5) is 22.8. The SMILES string of the molecule is Cn1c(-c2cc(N3CCNC(=O)CC3)ncc2Cl)nc2ccccc21. The first-order valence-electron chi connectivity index (χ1n) is 8.22. The number of anilines is 1. The summed E-state index contributed by atoms with van der Waals surface area (Å²) in [7, 11) is 1.98. The molecule has 7 heteroatoms. The van der Waals surface area contributed by atoms with E-state index in [-0.39, 0.29) is 5.91 Å². The fourth-order valence-corrected chi connectivity index (χ4v) is 3.34. The predicted molar refractivity (Wildman–Crippen MR) is 98.8 cm³/mol. The van der Waals surface area contributed by atoms with Gasteiger partial charge in [-0.25, -0.2) is 9.97 Å². The van der Waals surface area contributed by atoms with E-state index in [2.05, 4.69) is 15.2 Å². The Bertz CT molecular complexity index is 952. The van der Waals surface area contributed by atoms with Gasteiger partial charge < -0.3 is 14.8 Å². The second-order valence-corrected chi connectivity index (χ2v) is 6.50. The van der Waals surface area contributed by atoms with Crippen LogP contribution >= 0.6 is 11.6 Å². The number of halogens is 1. The summed E-state index contributed by atoms with van der Waals surface area (Å²) in [5.74, 6) is 1.69. The third-order valence-electron chi connectivity index (χ3n) is 4.51. The topological polar surface area (TPSA) is 63.0 Å². The molecule has 0 bridgehead atoms. The highest BCUT2D eigenvalue weighted by atomic mass is 35.5. The van der Waals surface area contributed by atoms with Gasteiger partial charge in [0.1, 0.15) is 11.6 Å². The Balaban J connectivity index is 1.76. The second-order valence-electron chi connectivity index (χ2n) is 6.09. The maximum Gasteiger partial charge on any atom is 0.221 e. The lowest BCUT2D eigenvalue weighted by Gasteiger charge is -2.21. The fourth-order valence-electron chi connectivity index (χ4n) is 3.15. The Morgan fingerprint density at radius 3 is 2.92 bits per heavy atom. The van der Waals surface area contributed by atoms with Crippen LogP contribution in [0.1, 0.15) is 6.42 Å². The molecule has 0 radical (unpaired) electrons. The van der Waals surface area contributed by atoms with Gasteiger partial charge in [0.05, 0.1) is 16.1 Å². The van der Waals surface area contributed by atoms with E-state index in [1.807, 2.05) is 41.9 Å². The number of amides is 1. The summed E-state index contributed by atoms with van der Waals surface area (Å²) >= 11 is 6.42. The smallest absolute Gasteiger partial charge is 0.221 e. The van der Waals surface area contributed by atoms with Crippen LogP contribution in [0, 0.1) is 0 Å². The maximum absolute atomic E-state index is 11.6. The summed E-state index contributed by atoms with van der Waals surface area (Å²) in [5.41, 5.74) is 2.82. The van der Waals surface area contributed by atoms with E-state index in [0.717, 1.165) is 34.8 Å². The molecule has 1 N–H and O–H groups in total. The lowest BCUT2D eigenvalue weighted by Crippen LogP contribution is -2.29. The first-order chi connectivity index (χ1) is 12.1. The van der Waals surface area contributed by atoms with Crippen LogP contribution in [0.25, 0.3) is 22.4 Å². The number of hydrogen-bond donors (Lipinski definition) is 1. The summed E-state index contributed by atoms with van der Waals surface area (Å²) in [6.45, 7) is 1.98. The van der Waals surface area contributed by atoms with Gasteiger partial charge in [-0.15, -0.1) is 0 Å². The zero-order chi connectivity index (χ0) is 17.4. The van der Waals surface area contributed by atoms with Crippen molar-refractivity contribution in [3.8, 4) is 11.4 Å². The van der Waals surface area contributed by atoms with Gasteiger partial charge in [-0.1, -0.05) is 23.7 Å². The molecule has 2 aromatic heterocycles. The van der Waals surface area contributed by atoms with Gasteiger partial charge in [-0.3, -0.25) is 4.79 Å². The van der Waals surface area contributed by atoms with E-state index in [9.17, 15) is 4.79 Å². The van der Waals surface area contributed by atoms with E-state index < -0.39 is 0 Å². The van der Waals surface area contributed by atoms with Crippen molar-refractivity contribution in [2.45, 2.75) is 6.42 Å². The third kappa shape index (κ3) is 2.93. The number of aromatic nitrogens is 3. The van der Waals surface area contributed by atoms with Crippen molar-refractivity contribution in [1.82, 2.24) is 19.9 Å². The summed E-state index contributed by atoms with van der Waals surface area (Å²) in [6.07, 6.45) is 2.12. The van der Waals surface area contributed by atoms with Crippen molar-refractivity contribution in [3.63, 3.8) is 0 Å². The van der Waals surface area contributed by atoms with Crippen LogP contribution < -0.4 is 10.2 Å². The molecule has 0 aliphatic carbocycles. The van der Waals surface area contributed by atoms with Crippen LogP contribution in [0.15, 0.2) is 36.5 Å². The minimum absolute atomic E-state index is 0.0760. The molecule has 1 aliphatic rings. The molecule has 128 valence electrons. The van der Waals surface area contributed by atoms with Gasteiger partial charge in [-0.2, -0.15) is 0 Å². The molecule has 0 unspecified atom stereocenters. The van der Waals surface area contributed by atoms with Crippen molar-refractivity contribution in [2.75, 3.05) is 24.5 Å². The Labute approximate surface area is 150 Å². The lowest BCUT2D eigenvalue weighted by atomic mass is 10.2. The van der Waals surface area contributed by atoms with E-state index >= 15 is 0 Å². The average Bonchev–Trinajstić information content (AvgIpc) is 2.80. The average molecular weight is 356 g/mol. The molecule has 3 heterocycles. The second kappa shape index (κ2) is 6.37. The van der Waals surface area contributed by atoms with Crippen molar-refractivity contribution >= 4 is 34.4 Å². The van der Waals surface area contributed by atoms with Crippen molar-refractivity contribution in [1.29, 1.82) is 0 Å². The Kier molecular flexibility index (Phi) is 4.05. The number of para-hydroxylation sites is 2. The highest BCUT2D eigenvalue weighted by Crippen LogP contribution is 2.31. The van der Waals surface area contributed by atoms with Crippen LogP contribution in [-0.2, 0) is 11.8 Å². The van der Waals surface area contributed by atoms with Gasteiger partial charge in [0.25, 0.3) is 0 Å². The number of fused-ring (bicyclic) bond motifs is 1. The van der Waals surface area contributed by atoms with Crippen LogP contribution in [-0.4, -0.2) is 40.1 Å². The minimum Gasteiger partial charge on any atom is -0.354 e. The number of carbonyl (C=O) groups is 1. The molecule has 0 spiro atoms. The third-order valence-corrected chi connectivity index (χ3v) is 4.81. The molecule has 3 aromatic rings. The molecule has 4 rings (SSSR count). The van der Waals surface area contributed by atoms with Gasteiger partial charge in [0, 0.05) is 44.9 Å². The zero-order valence-electron chi connectivity index (χ0n) is 13.9. The molecule has 0 atom stereocenters. The number of pyridine rings is 1. The van der Waals surface area contributed by atoms with Crippen LogP contribution in [0.3, 0.4) is 0 Å². The Hall–Kier alpha value is -2.60. The first kappa shape index (κ1) is 15.9. The molecule has 6 nitrogen and oxygen atoms in total. The van der Waals surface area contributed by atoms with Crippen molar-refractivity contribution < 1.29 is 4.79 Å². The van der Waals surface area contributed by atoms with Gasteiger partial charge >= 0.3 is 0 Å². The van der Waals surface area contributed by atoms with Crippen molar-refractivity contribution in [2.24, 2.45) is 7.05 Å². The van der Waals surface area contributed by atoms with Gasteiger partial charge in [0.2, 0.25) is 5.91 Å². The molecule has 1 saturated heterocycles. The standard InChI is InChI=1S/C18H18ClN5O/c1-23-15-5-3-2-4-14(15)22-18(23)12-10-16(21-11-13(12)19)24-8-6-17(25)20-7-9-24/h2-5,10-11H,6-9H2,1H3,(H,20,25). The van der Waals surface area contributed by atoms with E-state index in [1.54, 1.807) is 6.20 Å². The summed E-state index contributed by atoms with van der Waals surface area (Å²) < 4.78 is 2.04. The summed E-state index contributed by atoms with van der Waals surface area (Å²) in [5, 5.41) is 3.44. The number of nitrogens with zero attached hydrogens (tertiary/aromatic N) is 4. The predicted octanol–water partition coefficient (Wildman–Crippen LogP) is 2.62. The van der Waals surface area contributed by atoms with Crippen LogP contribution in [0.4, 0.5) is 5.82 Å². The highest BCUT2D eigenvalue weighted by Gasteiger charge is 2.18. The number of hydrogen-bond acceptors (Lipinski definition) is 4. The molecule has 1 aromatic carbocycles. The van der Waals surface area contributed by atoms with Crippen LogP contribution in [0.5, 0.6) is 0 Å². The highest BCUT2D eigenvalue weighted by molar-refractivity contribution is 6.33. The lowest BCUT2D eigenvalue weighted by molar-refractivity contribution is -0.120. The maximum atomic E-state index is 11.6. The monoisotopic (exact) mass is 355 g/mol. The molecule has 1 amide bonds. The number of imidazole rings is 1. The zero-order valence-corrected chi connectivity index (χ0v) is 14.6. The number of aryl methyl sites for hydroxylation is 1. The number of nitrogens with one attached hydrogen (secondary N) is 1. The number of carbonyl (C=O) groups excluding carboxylic acids is 1. The van der Waals surface area contributed by atoms with Gasteiger partial charge in [0.15, 0.2) is 0 Å². The van der Waals surface area contributed by atoms with E-state index in [4.69, 9.17) is 16.6 Å². The van der Waals surface area contributed by atoms with Crippen molar-refractivity contribution in [3.05, 3.63) is 41.6 Å². The van der Waals surface area contributed by atoms with Crippen LogP contribution in [0.2, 0.25) is 5.02 Å². The fraction of sp³-hybridized carbons (Fsp3) is 0.278. The minimum atomic E-state index is 0.0760. The van der Waals surface area contributed by atoms with E-state index in [0.29, 0.717) is 24.5 Å². The summed E-state index contributed by atoms with van der Waals surface area (Å²) in [6, 6.07) is 9.95. The molecule has 25 heavy (non-hydrogen) atoms. The number of rotatable bonds is 2.